The third-order valence-electron chi connectivity index (χ3n) is 3.36. The number of nitrogens with one attached hydrogen (secondary N) is 1. The first-order chi connectivity index (χ1) is 10.1. The van der Waals surface area contributed by atoms with Crippen molar-refractivity contribution in [2.45, 2.75) is 26.2 Å². The minimum absolute atomic E-state index is 0.729. The molecule has 0 aliphatic carbocycles. The van der Waals surface area contributed by atoms with Crippen molar-refractivity contribution >= 4 is 25.2 Å². The lowest BCUT2D eigenvalue weighted by molar-refractivity contribution is 1.09. The zero-order chi connectivity index (χ0) is 14.9. The molecule has 3 rings (SSSR count). The maximum atomic E-state index is 4.51. The second-order valence-corrected chi connectivity index (χ2v) is 10.8. The van der Waals surface area contributed by atoms with Crippen molar-refractivity contribution in [3.8, 4) is 0 Å². The Bertz CT molecular complexity index is 746. The average Bonchev–Trinajstić information content (AvgIpc) is 2.90. The molecule has 6 heteroatoms. The molecule has 21 heavy (non-hydrogen) atoms. The van der Waals surface area contributed by atoms with Gasteiger partial charge in [-0.25, -0.2) is 15.0 Å². The molecule has 0 amide bonds. The van der Waals surface area contributed by atoms with E-state index in [4.69, 9.17) is 0 Å². The fourth-order valence-corrected chi connectivity index (χ4v) is 3.44. The van der Waals surface area contributed by atoms with Gasteiger partial charge in [-0.1, -0.05) is 50.0 Å². The van der Waals surface area contributed by atoms with Gasteiger partial charge in [0.1, 0.15) is 11.8 Å². The van der Waals surface area contributed by atoms with Crippen LogP contribution in [0, 0.1) is 0 Å². The van der Waals surface area contributed by atoms with E-state index in [-0.39, 0.29) is 0 Å². The molecule has 2 heterocycles. The number of anilines is 1. The summed E-state index contributed by atoms with van der Waals surface area (Å²) in [6.45, 7) is 7.54. The van der Waals surface area contributed by atoms with Crippen molar-refractivity contribution in [3.63, 3.8) is 0 Å². The predicted octanol–water partition coefficient (Wildman–Crippen LogP) is 3.12. The monoisotopic (exact) mass is 297 g/mol. The maximum absolute atomic E-state index is 4.51. The van der Waals surface area contributed by atoms with Crippen molar-refractivity contribution in [2.75, 3.05) is 5.32 Å². The SMILES string of the molecule is C[Si](C)(C)n1cnc2c(NCc3ccccc3)ncnc21. The Hall–Kier alpha value is -2.21. The predicted molar refractivity (Wildman–Crippen MR) is 87.8 cm³/mol. The van der Waals surface area contributed by atoms with Gasteiger partial charge in [0.2, 0.25) is 0 Å². The standard InChI is InChI=1S/C15H19N5Si/c1-21(2,3)20-11-19-13-14(17-10-18-15(13)20)16-9-12-7-5-4-6-8-12/h4-8,10-11H,9H2,1-3H3,(H,16,17,18). The quantitative estimate of drug-likeness (QED) is 0.752. The van der Waals surface area contributed by atoms with Crippen LogP contribution in [-0.2, 0) is 6.54 Å². The van der Waals surface area contributed by atoms with E-state index in [1.807, 2.05) is 24.5 Å². The van der Waals surface area contributed by atoms with E-state index in [0.717, 1.165) is 23.5 Å². The summed E-state index contributed by atoms with van der Waals surface area (Å²) in [6.07, 6.45) is 3.49. The molecule has 0 aliphatic rings. The highest BCUT2D eigenvalue weighted by Crippen LogP contribution is 2.21. The summed E-state index contributed by atoms with van der Waals surface area (Å²) in [5.74, 6) is 0.792. The van der Waals surface area contributed by atoms with Crippen LogP contribution in [0.3, 0.4) is 0 Å². The first kappa shape index (κ1) is 13.8. The van der Waals surface area contributed by atoms with Crippen LogP contribution in [-0.4, -0.2) is 27.4 Å². The molecule has 2 aromatic heterocycles. The van der Waals surface area contributed by atoms with Crippen LogP contribution in [0.5, 0.6) is 0 Å². The molecule has 1 N–H and O–H groups in total. The number of fused-ring (bicyclic) bond motifs is 1. The van der Waals surface area contributed by atoms with Crippen molar-refractivity contribution in [3.05, 3.63) is 48.5 Å². The first-order valence-electron chi connectivity index (χ1n) is 7.02. The number of nitrogens with zero attached hydrogens (tertiary/aromatic N) is 4. The Morgan fingerprint density at radius 1 is 1.05 bits per heavy atom. The molecule has 0 fully saturated rings. The van der Waals surface area contributed by atoms with E-state index in [9.17, 15) is 0 Å². The van der Waals surface area contributed by atoms with Crippen LogP contribution < -0.4 is 5.32 Å². The van der Waals surface area contributed by atoms with Gasteiger partial charge in [0.05, 0.1) is 6.33 Å². The van der Waals surface area contributed by atoms with Gasteiger partial charge in [0.15, 0.2) is 19.7 Å². The summed E-state index contributed by atoms with van der Waals surface area (Å²) in [5.41, 5.74) is 2.98. The summed E-state index contributed by atoms with van der Waals surface area (Å²) in [6, 6.07) is 10.3. The zero-order valence-corrected chi connectivity index (χ0v) is 13.5. The normalized spacial score (nSPS) is 11.8. The van der Waals surface area contributed by atoms with Gasteiger partial charge in [-0.15, -0.1) is 0 Å². The van der Waals surface area contributed by atoms with Crippen molar-refractivity contribution in [1.29, 1.82) is 0 Å². The topological polar surface area (TPSA) is 55.6 Å². The minimum Gasteiger partial charge on any atom is -0.364 e. The third-order valence-corrected chi connectivity index (χ3v) is 5.13. The maximum Gasteiger partial charge on any atom is 0.157 e. The molecular weight excluding hydrogens is 278 g/mol. The average molecular weight is 297 g/mol. The smallest absolute Gasteiger partial charge is 0.157 e. The zero-order valence-electron chi connectivity index (χ0n) is 12.5. The number of rotatable bonds is 4. The van der Waals surface area contributed by atoms with Crippen molar-refractivity contribution < 1.29 is 0 Å². The van der Waals surface area contributed by atoms with E-state index < -0.39 is 8.24 Å². The Morgan fingerprint density at radius 3 is 2.52 bits per heavy atom. The van der Waals surface area contributed by atoms with Gasteiger partial charge in [-0.2, -0.15) is 0 Å². The molecule has 0 atom stereocenters. The highest BCUT2D eigenvalue weighted by atomic mass is 28.3. The fraction of sp³-hybridized carbons (Fsp3) is 0.267. The largest absolute Gasteiger partial charge is 0.364 e. The van der Waals surface area contributed by atoms with Crippen molar-refractivity contribution in [1.82, 2.24) is 19.2 Å². The van der Waals surface area contributed by atoms with Crippen LogP contribution in [0.4, 0.5) is 5.82 Å². The van der Waals surface area contributed by atoms with E-state index in [2.05, 4.69) is 56.3 Å². The number of aromatic nitrogens is 4. The number of hydrogen-bond acceptors (Lipinski definition) is 4. The van der Waals surface area contributed by atoms with Crippen LogP contribution in [0.15, 0.2) is 43.0 Å². The number of hydrogen-bond donors (Lipinski definition) is 1. The first-order valence-corrected chi connectivity index (χ1v) is 10.5. The second kappa shape index (κ2) is 5.29. The summed E-state index contributed by atoms with van der Waals surface area (Å²) >= 11 is 0. The molecule has 1 aromatic carbocycles. The minimum atomic E-state index is -1.52. The molecule has 0 aliphatic heterocycles. The molecule has 0 spiro atoms. The van der Waals surface area contributed by atoms with Gasteiger partial charge >= 0.3 is 0 Å². The fourth-order valence-electron chi connectivity index (χ4n) is 2.24. The molecule has 0 saturated carbocycles. The van der Waals surface area contributed by atoms with Crippen molar-refractivity contribution in [2.24, 2.45) is 0 Å². The summed E-state index contributed by atoms with van der Waals surface area (Å²) in [5, 5.41) is 3.36. The molecule has 0 saturated heterocycles. The molecule has 0 unspecified atom stereocenters. The molecule has 0 radical (unpaired) electrons. The molecule has 0 bridgehead atoms. The molecule has 5 nitrogen and oxygen atoms in total. The Morgan fingerprint density at radius 2 is 1.81 bits per heavy atom. The highest BCUT2D eigenvalue weighted by molar-refractivity contribution is 6.75. The van der Waals surface area contributed by atoms with E-state index in [1.165, 1.54) is 5.56 Å². The summed E-state index contributed by atoms with van der Waals surface area (Å²) in [4.78, 5) is 13.2. The van der Waals surface area contributed by atoms with Gasteiger partial charge in [0, 0.05) is 6.54 Å². The van der Waals surface area contributed by atoms with Gasteiger partial charge in [-0.05, 0) is 5.56 Å². The van der Waals surface area contributed by atoms with Gasteiger partial charge in [0.25, 0.3) is 0 Å². The molecule has 108 valence electrons. The van der Waals surface area contributed by atoms with Crippen LogP contribution in [0.25, 0.3) is 11.2 Å². The van der Waals surface area contributed by atoms with Crippen LogP contribution >= 0.6 is 0 Å². The second-order valence-electron chi connectivity index (χ2n) is 6.02. The summed E-state index contributed by atoms with van der Waals surface area (Å²) in [7, 11) is -1.52. The Kier molecular flexibility index (Phi) is 3.46. The lowest BCUT2D eigenvalue weighted by Crippen LogP contribution is -2.31. The van der Waals surface area contributed by atoms with Gasteiger partial charge < -0.3 is 9.55 Å². The van der Waals surface area contributed by atoms with Crippen LogP contribution in [0.2, 0.25) is 19.6 Å². The van der Waals surface area contributed by atoms with E-state index >= 15 is 0 Å². The number of imidazole rings is 1. The lowest BCUT2D eigenvalue weighted by Gasteiger charge is -2.18. The number of benzene rings is 1. The summed E-state index contributed by atoms with van der Waals surface area (Å²) < 4.78 is 2.21. The molecular formula is C15H19N5Si. The van der Waals surface area contributed by atoms with E-state index in [1.54, 1.807) is 6.33 Å². The van der Waals surface area contributed by atoms with E-state index in [0.29, 0.717) is 0 Å². The van der Waals surface area contributed by atoms with Gasteiger partial charge in [-0.3, -0.25) is 0 Å². The third kappa shape index (κ3) is 2.80. The molecule has 3 aromatic rings. The highest BCUT2D eigenvalue weighted by Gasteiger charge is 2.21. The van der Waals surface area contributed by atoms with Crippen LogP contribution in [0.1, 0.15) is 5.56 Å². The Labute approximate surface area is 125 Å². The lowest BCUT2D eigenvalue weighted by atomic mass is 10.2. The Balaban J connectivity index is 1.91.